The van der Waals surface area contributed by atoms with Gasteiger partial charge in [-0.1, -0.05) is 19.1 Å². The summed E-state index contributed by atoms with van der Waals surface area (Å²) in [6, 6.07) is 5.87. The van der Waals surface area contributed by atoms with Gasteiger partial charge in [0.05, 0.1) is 0 Å². The highest BCUT2D eigenvalue weighted by Crippen LogP contribution is 2.29. The maximum atomic E-state index is 14.0. The third-order valence-corrected chi connectivity index (χ3v) is 3.27. The van der Waals surface area contributed by atoms with E-state index in [-0.39, 0.29) is 17.2 Å². The molecule has 0 amide bonds. The Labute approximate surface area is 129 Å². The zero-order chi connectivity index (χ0) is 17.2. The Morgan fingerprint density at radius 1 is 0.913 bits per heavy atom. The van der Waals surface area contributed by atoms with Gasteiger partial charge in [0.15, 0.2) is 0 Å². The van der Waals surface area contributed by atoms with Crippen LogP contribution in [-0.4, -0.2) is 6.18 Å². The van der Waals surface area contributed by atoms with Crippen molar-refractivity contribution in [2.45, 2.75) is 19.5 Å². The van der Waals surface area contributed by atoms with Crippen molar-refractivity contribution in [1.29, 1.82) is 0 Å². The monoisotopic (exact) mass is 330 g/mol. The van der Waals surface area contributed by atoms with E-state index in [2.05, 4.69) is 0 Å². The van der Waals surface area contributed by atoms with Crippen LogP contribution in [0.1, 0.15) is 18.1 Å². The number of benzene rings is 2. The van der Waals surface area contributed by atoms with Gasteiger partial charge < -0.3 is 0 Å². The summed E-state index contributed by atoms with van der Waals surface area (Å²) in [4.78, 5) is 0. The molecule has 122 valence electrons. The number of halogens is 6. The number of aryl methyl sites for hydroxylation is 1. The minimum atomic E-state index is -4.68. The van der Waals surface area contributed by atoms with Crippen LogP contribution in [0.4, 0.5) is 26.3 Å². The molecule has 0 heterocycles. The van der Waals surface area contributed by atoms with Crippen molar-refractivity contribution in [2.24, 2.45) is 0 Å². The van der Waals surface area contributed by atoms with Crippen molar-refractivity contribution < 1.29 is 26.3 Å². The zero-order valence-electron chi connectivity index (χ0n) is 12.0. The summed E-state index contributed by atoms with van der Waals surface area (Å²) in [7, 11) is 0. The van der Waals surface area contributed by atoms with E-state index in [1.807, 2.05) is 6.92 Å². The number of hydrogen-bond acceptors (Lipinski definition) is 0. The molecule has 6 heteroatoms. The first-order valence-electron chi connectivity index (χ1n) is 6.75. The summed E-state index contributed by atoms with van der Waals surface area (Å²) in [5.74, 6) is -3.04. The van der Waals surface area contributed by atoms with Gasteiger partial charge in [0, 0.05) is 17.2 Å². The minimum absolute atomic E-state index is 0.0219. The first-order chi connectivity index (χ1) is 10.7. The standard InChI is InChI=1S/C17H12F6/c1-2-10-3-4-12(14(18)7-10)11-8-15(19)13(16(20)9-11)5-6-17(21,22)23/h3-9H,2H2,1H3/b6-5+. The van der Waals surface area contributed by atoms with E-state index >= 15 is 0 Å². The predicted molar refractivity (Wildman–Crippen MR) is 76.2 cm³/mol. The lowest BCUT2D eigenvalue weighted by molar-refractivity contribution is -0.0790. The highest BCUT2D eigenvalue weighted by Gasteiger charge is 2.23. The maximum Gasteiger partial charge on any atom is 0.409 e. The van der Waals surface area contributed by atoms with Crippen LogP contribution >= 0.6 is 0 Å². The third kappa shape index (κ3) is 4.15. The van der Waals surface area contributed by atoms with Gasteiger partial charge in [-0.05, 0) is 41.8 Å². The molecule has 0 N–H and O–H groups in total. The lowest BCUT2D eigenvalue weighted by Gasteiger charge is -2.08. The molecule has 0 radical (unpaired) electrons. The Hall–Kier alpha value is -2.24. The fourth-order valence-electron chi connectivity index (χ4n) is 2.09. The number of alkyl halides is 3. The van der Waals surface area contributed by atoms with Gasteiger partial charge >= 0.3 is 6.18 Å². The average Bonchev–Trinajstić information content (AvgIpc) is 2.44. The lowest BCUT2D eigenvalue weighted by atomic mass is 10.00. The highest BCUT2D eigenvalue weighted by atomic mass is 19.4. The molecule has 0 bridgehead atoms. The molecule has 23 heavy (non-hydrogen) atoms. The van der Waals surface area contributed by atoms with E-state index in [1.54, 1.807) is 6.07 Å². The summed E-state index contributed by atoms with van der Waals surface area (Å²) in [5.41, 5.74) is -0.204. The zero-order valence-corrected chi connectivity index (χ0v) is 12.0. The number of allylic oxidation sites excluding steroid dienone is 1. The highest BCUT2D eigenvalue weighted by molar-refractivity contribution is 5.67. The topological polar surface area (TPSA) is 0 Å². The fourth-order valence-corrected chi connectivity index (χ4v) is 2.09. The van der Waals surface area contributed by atoms with Gasteiger partial charge in [-0.3, -0.25) is 0 Å². The SMILES string of the molecule is CCc1ccc(-c2cc(F)c(/C=C/C(F)(F)F)c(F)c2)c(F)c1. The maximum absolute atomic E-state index is 14.0. The summed E-state index contributed by atoms with van der Waals surface area (Å²) in [6.07, 6.45) is -4.03. The van der Waals surface area contributed by atoms with Crippen LogP contribution in [0.15, 0.2) is 36.4 Å². The van der Waals surface area contributed by atoms with Crippen molar-refractivity contribution in [3.05, 3.63) is 65.0 Å². The third-order valence-electron chi connectivity index (χ3n) is 3.27. The largest absolute Gasteiger partial charge is 0.409 e. The summed E-state index contributed by atoms with van der Waals surface area (Å²) in [5, 5.41) is 0. The Bertz CT molecular complexity index is 720. The molecule has 0 saturated heterocycles. The van der Waals surface area contributed by atoms with Gasteiger partial charge in [-0.2, -0.15) is 13.2 Å². The second kappa shape index (κ2) is 6.48. The second-order valence-corrected chi connectivity index (χ2v) is 4.90. The molecule has 0 aliphatic rings. The van der Waals surface area contributed by atoms with E-state index in [9.17, 15) is 26.3 Å². The van der Waals surface area contributed by atoms with Gasteiger partial charge in [0.25, 0.3) is 0 Å². The molecule has 0 saturated carbocycles. The van der Waals surface area contributed by atoms with E-state index in [0.29, 0.717) is 12.5 Å². The van der Waals surface area contributed by atoms with Crippen molar-refractivity contribution in [3.8, 4) is 11.1 Å². The first-order valence-corrected chi connectivity index (χ1v) is 6.75. The van der Waals surface area contributed by atoms with Crippen molar-refractivity contribution in [3.63, 3.8) is 0 Å². The van der Waals surface area contributed by atoms with Crippen LogP contribution < -0.4 is 0 Å². The molecule has 2 rings (SSSR count). The smallest absolute Gasteiger partial charge is 0.206 e. The fraction of sp³-hybridized carbons (Fsp3) is 0.176. The van der Waals surface area contributed by atoms with Crippen LogP contribution in [0.3, 0.4) is 0 Å². The molecule has 0 spiro atoms. The lowest BCUT2D eigenvalue weighted by Crippen LogP contribution is -2.01. The Morgan fingerprint density at radius 3 is 2.00 bits per heavy atom. The first kappa shape index (κ1) is 17.1. The van der Waals surface area contributed by atoms with Crippen LogP contribution in [0.25, 0.3) is 17.2 Å². The minimum Gasteiger partial charge on any atom is -0.206 e. The number of hydrogen-bond donors (Lipinski definition) is 0. The predicted octanol–water partition coefficient (Wildman–Crippen LogP) is 5.91. The van der Waals surface area contributed by atoms with Crippen molar-refractivity contribution in [2.75, 3.05) is 0 Å². The van der Waals surface area contributed by atoms with Crippen LogP contribution in [0.5, 0.6) is 0 Å². The molecule has 2 aromatic carbocycles. The molecule has 0 aromatic heterocycles. The quantitative estimate of drug-likeness (QED) is 0.614. The van der Waals surface area contributed by atoms with E-state index in [0.717, 1.165) is 17.7 Å². The molecule has 2 aromatic rings. The molecule has 0 aliphatic heterocycles. The normalized spacial score (nSPS) is 12.1. The van der Waals surface area contributed by atoms with E-state index < -0.39 is 29.2 Å². The molecule has 0 fully saturated rings. The molecular formula is C17H12F6. The molecule has 0 nitrogen and oxygen atoms in total. The van der Waals surface area contributed by atoms with E-state index in [1.165, 1.54) is 12.1 Å². The molecular weight excluding hydrogens is 318 g/mol. The van der Waals surface area contributed by atoms with Gasteiger partial charge in [-0.25, -0.2) is 13.2 Å². The Morgan fingerprint density at radius 2 is 1.52 bits per heavy atom. The molecule has 0 unspecified atom stereocenters. The number of rotatable bonds is 3. The van der Waals surface area contributed by atoms with Crippen LogP contribution in [0, 0.1) is 17.5 Å². The van der Waals surface area contributed by atoms with Crippen LogP contribution in [0.2, 0.25) is 0 Å². The van der Waals surface area contributed by atoms with Crippen molar-refractivity contribution in [1.82, 2.24) is 0 Å². The van der Waals surface area contributed by atoms with Gasteiger partial charge in [0.2, 0.25) is 0 Å². The second-order valence-electron chi connectivity index (χ2n) is 4.90. The Balaban J connectivity index is 2.46. The van der Waals surface area contributed by atoms with E-state index in [4.69, 9.17) is 0 Å². The summed E-state index contributed by atoms with van der Waals surface area (Å²) in [6.45, 7) is 1.83. The summed E-state index contributed by atoms with van der Waals surface area (Å²) >= 11 is 0. The van der Waals surface area contributed by atoms with Gasteiger partial charge in [-0.15, -0.1) is 0 Å². The van der Waals surface area contributed by atoms with Gasteiger partial charge in [0.1, 0.15) is 17.5 Å². The van der Waals surface area contributed by atoms with Crippen LogP contribution in [-0.2, 0) is 6.42 Å². The molecule has 0 atom stereocenters. The molecule has 0 aliphatic carbocycles. The summed E-state index contributed by atoms with van der Waals surface area (Å²) < 4.78 is 78.0. The van der Waals surface area contributed by atoms with Crippen molar-refractivity contribution >= 4 is 6.08 Å². The average molecular weight is 330 g/mol. The Kier molecular flexibility index (Phi) is 4.82.